The van der Waals surface area contributed by atoms with Crippen molar-refractivity contribution in [3.63, 3.8) is 0 Å². The quantitative estimate of drug-likeness (QED) is 0.575. The Morgan fingerprint density at radius 3 is 2.31 bits per heavy atom. The van der Waals surface area contributed by atoms with E-state index in [-0.39, 0.29) is 5.91 Å². The molecule has 74 valence electrons. The van der Waals surface area contributed by atoms with Gasteiger partial charge in [-0.1, -0.05) is 5.92 Å². The second-order valence-corrected chi connectivity index (χ2v) is 2.94. The smallest absolute Gasteiger partial charge is 0.236 e. The molecule has 0 unspecified atom stereocenters. The number of nitrogens with zero attached hydrogens (tertiary/aromatic N) is 2. The van der Waals surface area contributed by atoms with Gasteiger partial charge < -0.3 is 4.90 Å². The molecule has 0 aromatic carbocycles. The highest BCUT2D eigenvalue weighted by Gasteiger charge is 2.10. The first-order chi connectivity index (χ1) is 6.15. The molecule has 3 heteroatoms. The fraction of sp³-hybridized carbons (Fsp3) is 0.700. The van der Waals surface area contributed by atoms with E-state index in [2.05, 4.69) is 5.92 Å². The summed E-state index contributed by atoms with van der Waals surface area (Å²) >= 11 is 0. The van der Waals surface area contributed by atoms with Crippen LogP contribution in [0.3, 0.4) is 0 Å². The summed E-state index contributed by atoms with van der Waals surface area (Å²) in [6.07, 6.45) is 5.13. The molecule has 0 aromatic heterocycles. The van der Waals surface area contributed by atoms with Crippen LogP contribution < -0.4 is 0 Å². The van der Waals surface area contributed by atoms with E-state index in [4.69, 9.17) is 6.42 Å². The van der Waals surface area contributed by atoms with Gasteiger partial charge in [-0.05, 0) is 20.9 Å². The van der Waals surface area contributed by atoms with Crippen LogP contribution in [0.2, 0.25) is 0 Å². The van der Waals surface area contributed by atoms with E-state index in [1.54, 1.807) is 4.90 Å². The third-order valence-electron chi connectivity index (χ3n) is 1.88. The van der Waals surface area contributed by atoms with E-state index in [0.717, 1.165) is 13.1 Å². The maximum atomic E-state index is 11.5. The van der Waals surface area contributed by atoms with E-state index in [1.807, 2.05) is 25.8 Å². The van der Waals surface area contributed by atoms with Gasteiger partial charge in [0.1, 0.15) is 0 Å². The number of hydrogen-bond donors (Lipinski definition) is 0. The lowest BCUT2D eigenvalue weighted by Gasteiger charge is -2.21. The van der Waals surface area contributed by atoms with Crippen LogP contribution in [-0.4, -0.2) is 48.9 Å². The van der Waals surface area contributed by atoms with Crippen LogP contribution in [0.25, 0.3) is 0 Å². The van der Waals surface area contributed by atoms with Gasteiger partial charge in [0.05, 0.1) is 13.1 Å². The predicted octanol–water partition coefficient (Wildman–Crippen LogP) is 0.420. The Morgan fingerprint density at radius 2 is 1.92 bits per heavy atom. The average Bonchev–Trinajstić information content (AvgIpc) is 2.06. The van der Waals surface area contributed by atoms with E-state index >= 15 is 0 Å². The monoisotopic (exact) mass is 182 g/mol. The van der Waals surface area contributed by atoms with Gasteiger partial charge in [-0.3, -0.25) is 9.69 Å². The van der Waals surface area contributed by atoms with Gasteiger partial charge in [-0.2, -0.15) is 0 Å². The molecule has 0 saturated heterocycles. The lowest BCUT2D eigenvalue weighted by atomic mass is 10.4. The van der Waals surface area contributed by atoms with E-state index in [0.29, 0.717) is 13.1 Å². The number of likely N-dealkylation sites (N-methyl/N-ethyl adjacent to an activating group) is 2. The molecule has 0 spiro atoms. The topological polar surface area (TPSA) is 23.6 Å². The molecule has 3 nitrogen and oxygen atoms in total. The predicted molar refractivity (Wildman–Crippen MR) is 54.3 cm³/mol. The minimum absolute atomic E-state index is 0.141. The molecule has 0 heterocycles. The van der Waals surface area contributed by atoms with E-state index < -0.39 is 0 Å². The Hall–Kier alpha value is -1.01. The van der Waals surface area contributed by atoms with Crippen LogP contribution >= 0.6 is 0 Å². The van der Waals surface area contributed by atoms with Gasteiger partial charge >= 0.3 is 0 Å². The van der Waals surface area contributed by atoms with Crippen LogP contribution in [0.1, 0.15) is 13.8 Å². The van der Waals surface area contributed by atoms with Crippen molar-refractivity contribution in [3.8, 4) is 12.3 Å². The van der Waals surface area contributed by atoms with Crippen molar-refractivity contribution in [1.29, 1.82) is 0 Å². The molecule has 0 aromatic rings. The number of carbonyl (C=O) groups excluding carboxylic acids is 1. The maximum Gasteiger partial charge on any atom is 0.236 e. The molecule has 0 rings (SSSR count). The van der Waals surface area contributed by atoms with Crippen molar-refractivity contribution in [2.24, 2.45) is 0 Å². The number of terminal acetylenes is 1. The maximum absolute atomic E-state index is 11.5. The first-order valence-electron chi connectivity index (χ1n) is 4.55. The minimum Gasteiger partial charge on any atom is -0.342 e. The molecule has 13 heavy (non-hydrogen) atoms. The largest absolute Gasteiger partial charge is 0.342 e. The second-order valence-electron chi connectivity index (χ2n) is 2.94. The Bertz CT molecular complexity index is 192. The van der Waals surface area contributed by atoms with Crippen molar-refractivity contribution in [2.45, 2.75) is 13.8 Å². The summed E-state index contributed by atoms with van der Waals surface area (Å²) in [5.41, 5.74) is 0. The fourth-order valence-electron chi connectivity index (χ4n) is 1.12. The van der Waals surface area contributed by atoms with Gasteiger partial charge in [0.15, 0.2) is 0 Å². The molecular formula is C10H18N2O. The SMILES string of the molecule is C#CCN(C)CC(=O)N(CC)CC. The summed E-state index contributed by atoms with van der Waals surface area (Å²) in [5, 5.41) is 0. The summed E-state index contributed by atoms with van der Waals surface area (Å²) < 4.78 is 0. The van der Waals surface area contributed by atoms with Crippen molar-refractivity contribution in [3.05, 3.63) is 0 Å². The summed E-state index contributed by atoms with van der Waals surface area (Å²) in [5.74, 6) is 2.64. The lowest BCUT2D eigenvalue weighted by Crippen LogP contribution is -2.38. The molecule has 0 aliphatic rings. The van der Waals surface area contributed by atoms with Gasteiger partial charge in [-0.15, -0.1) is 6.42 Å². The third-order valence-corrected chi connectivity index (χ3v) is 1.88. The summed E-state index contributed by atoms with van der Waals surface area (Å²) in [7, 11) is 1.85. The normalized spacial score (nSPS) is 9.77. The summed E-state index contributed by atoms with van der Waals surface area (Å²) in [6.45, 7) is 6.41. The molecular weight excluding hydrogens is 164 g/mol. The van der Waals surface area contributed by atoms with Gasteiger partial charge in [0, 0.05) is 13.1 Å². The third kappa shape index (κ3) is 4.54. The fourth-order valence-corrected chi connectivity index (χ4v) is 1.12. The molecule has 0 bridgehead atoms. The van der Waals surface area contributed by atoms with Crippen LogP contribution in [0.5, 0.6) is 0 Å². The molecule has 0 aliphatic heterocycles. The van der Waals surface area contributed by atoms with Crippen LogP contribution in [0.4, 0.5) is 0 Å². The highest BCUT2D eigenvalue weighted by molar-refractivity contribution is 5.78. The van der Waals surface area contributed by atoms with Crippen LogP contribution in [0, 0.1) is 12.3 Å². The zero-order chi connectivity index (χ0) is 10.3. The van der Waals surface area contributed by atoms with E-state index in [9.17, 15) is 4.79 Å². The molecule has 1 amide bonds. The number of rotatable bonds is 5. The van der Waals surface area contributed by atoms with Crippen molar-refractivity contribution < 1.29 is 4.79 Å². The molecule has 0 fully saturated rings. The van der Waals surface area contributed by atoms with Gasteiger partial charge in [-0.25, -0.2) is 0 Å². The Balaban J connectivity index is 3.91. The first-order valence-corrected chi connectivity index (χ1v) is 4.55. The highest BCUT2D eigenvalue weighted by atomic mass is 16.2. The van der Waals surface area contributed by atoms with E-state index in [1.165, 1.54) is 0 Å². The van der Waals surface area contributed by atoms with Crippen LogP contribution in [0.15, 0.2) is 0 Å². The number of hydrogen-bond acceptors (Lipinski definition) is 2. The lowest BCUT2D eigenvalue weighted by molar-refractivity contribution is -0.131. The van der Waals surface area contributed by atoms with Crippen molar-refractivity contribution >= 4 is 5.91 Å². The molecule has 0 saturated carbocycles. The Morgan fingerprint density at radius 1 is 1.38 bits per heavy atom. The number of amides is 1. The molecule has 0 atom stereocenters. The Labute approximate surface area is 80.7 Å². The Kier molecular flexibility index (Phi) is 5.99. The molecule has 0 aliphatic carbocycles. The average molecular weight is 182 g/mol. The highest BCUT2D eigenvalue weighted by Crippen LogP contribution is 1.91. The van der Waals surface area contributed by atoms with Crippen molar-refractivity contribution in [2.75, 3.05) is 33.2 Å². The van der Waals surface area contributed by atoms with Crippen LogP contribution in [-0.2, 0) is 4.79 Å². The zero-order valence-corrected chi connectivity index (χ0v) is 8.71. The van der Waals surface area contributed by atoms with Gasteiger partial charge in [0.25, 0.3) is 0 Å². The summed E-state index contributed by atoms with van der Waals surface area (Å²) in [4.78, 5) is 15.1. The molecule has 0 radical (unpaired) electrons. The molecule has 0 N–H and O–H groups in total. The standard InChI is InChI=1S/C10H18N2O/c1-5-8-11(4)9-10(13)12(6-2)7-3/h1H,6-9H2,2-4H3. The number of carbonyl (C=O) groups is 1. The first kappa shape index (κ1) is 12.0. The van der Waals surface area contributed by atoms with Gasteiger partial charge in [0.2, 0.25) is 5.91 Å². The second kappa shape index (κ2) is 6.50. The van der Waals surface area contributed by atoms with Crippen molar-refractivity contribution in [1.82, 2.24) is 9.80 Å². The zero-order valence-electron chi connectivity index (χ0n) is 8.71. The summed E-state index contributed by atoms with van der Waals surface area (Å²) in [6, 6.07) is 0. The minimum atomic E-state index is 0.141.